The van der Waals surface area contributed by atoms with Gasteiger partial charge in [0.15, 0.2) is 9.84 Å². The monoisotopic (exact) mass is 588 g/mol. The molecule has 4 aromatic rings. The molecule has 2 atom stereocenters. The number of hydrogen-bond acceptors (Lipinski definition) is 9. The summed E-state index contributed by atoms with van der Waals surface area (Å²) in [5.41, 5.74) is 3.50. The Bertz CT molecular complexity index is 1640. The van der Waals surface area contributed by atoms with Crippen LogP contribution in [0.3, 0.4) is 0 Å². The summed E-state index contributed by atoms with van der Waals surface area (Å²) in [4.78, 5) is 24.3. The Hall–Kier alpha value is -2.90. The van der Waals surface area contributed by atoms with Crippen molar-refractivity contribution in [1.29, 1.82) is 0 Å². The Kier molecular flexibility index (Phi) is 7.75. The molecule has 1 amide bonds. The average molecular weight is 589 g/mol. The Morgan fingerprint density at radius 3 is 2.64 bits per heavy atom. The van der Waals surface area contributed by atoms with Gasteiger partial charge in [0, 0.05) is 54.5 Å². The summed E-state index contributed by atoms with van der Waals surface area (Å²) in [6.07, 6.45) is 4.74. The third-order valence-corrected chi connectivity index (χ3v) is 8.43. The van der Waals surface area contributed by atoms with Gasteiger partial charge in [0.1, 0.15) is 15.9 Å². The Morgan fingerprint density at radius 1 is 1.18 bits per heavy atom. The van der Waals surface area contributed by atoms with E-state index < -0.39 is 9.84 Å². The van der Waals surface area contributed by atoms with E-state index in [0.717, 1.165) is 40.8 Å². The van der Waals surface area contributed by atoms with Gasteiger partial charge in [0.25, 0.3) is 5.91 Å². The molecule has 1 saturated heterocycles. The molecule has 1 fully saturated rings. The first-order chi connectivity index (χ1) is 18.4. The number of morpholine rings is 1. The van der Waals surface area contributed by atoms with Gasteiger partial charge in [0.2, 0.25) is 0 Å². The summed E-state index contributed by atoms with van der Waals surface area (Å²) >= 11 is 7.64. The SMILES string of the molecule is C[C@@H]1CN(Cc2nc(C(=O)Nc3cc(-c4cnc(Cl)c(CS(C)(=O)=O)c4)cc4c3cnn4C)cs2)C[C@H](C)O1. The van der Waals surface area contributed by atoms with Crippen molar-refractivity contribution in [2.75, 3.05) is 24.7 Å². The van der Waals surface area contributed by atoms with Gasteiger partial charge in [-0.3, -0.25) is 14.4 Å². The first kappa shape index (κ1) is 27.7. The molecule has 0 bridgehead atoms. The highest BCUT2D eigenvalue weighted by atomic mass is 35.5. The molecule has 3 aromatic heterocycles. The van der Waals surface area contributed by atoms with Gasteiger partial charge in [-0.25, -0.2) is 18.4 Å². The summed E-state index contributed by atoms with van der Waals surface area (Å²) in [5.74, 6) is -0.547. The molecule has 10 nitrogen and oxygen atoms in total. The minimum Gasteiger partial charge on any atom is -0.373 e. The average Bonchev–Trinajstić information content (AvgIpc) is 3.46. The van der Waals surface area contributed by atoms with Crippen LogP contribution in [0.2, 0.25) is 5.15 Å². The van der Waals surface area contributed by atoms with Crippen LogP contribution in [0.5, 0.6) is 0 Å². The van der Waals surface area contributed by atoms with Crippen molar-refractivity contribution in [3.63, 3.8) is 0 Å². The van der Waals surface area contributed by atoms with Crippen LogP contribution in [0.25, 0.3) is 22.0 Å². The molecule has 1 aliphatic heterocycles. The zero-order valence-corrected chi connectivity index (χ0v) is 24.4. The molecular weight excluding hydrogens is 560 g/mol. The number of nitrogens with zero attached hydrogens (tertiary/aromatic N) is 5. The predicted molar refractivity (Wildman–Crippen MR) is 153 cm³/mol. The van der Waals surface area contributed by atoms with E-state index >= 15 is 0 Å². The number of benzene rings is 1. The van der Waals surface area contributed by atoms with Crippen molar-refractivity contribution >= 4 is 55.3 Å². The number of amides is 1. The van der Waals surface area contributed by atoms with Crippen LogP contribution in [0.1, 0.15) is 34.9 Å². The molecule has 0 spiro atoms. The lowest BCUT2D eigenvalue weighted by atomic mass is 10.0. The number of fused-ring (bicyclic) bond motifs is 1. The van der Waals surface area contributed by atoms with Crippen molar-refractivity contribution in [3.8, 4) is 11.1 Å². The number of carbonyl (C=O) groups excluding carboxylic acids is 1. The number of carbonyl (C=O) groups is 1. The van der Waals surface area contributed by atoms with Crippen LogP contribution < -0.4 is 5.32 Å². The van der Waals surface area contributed by atoms with Crippen molar-refractivity contribution in [1.82, 2.24) is 24.6 Å². The van der Waals surface area contributed by atoms with Crippen molar-refractivity contribution in [3.05, 3.63) is 57.4 Å². The van der Waals surface area contributed by atoms with E-state index in [0.29, 0.717) is 29.1 Å². The van der Waals surface area contributed by atoms with E-state index in [9.17, 15) is 13.2 Å². The number of thiazole rings is 1. The molecule has 1 aromatic carbocycles. The van der Waals surface area contributed by atoms with Gasteiger partial charge in [-0.1, -0.05) is 11.6 Å². The number of nitrogens with one attached hydrogen (secondary N) is 1. The van der Waals surface area contributed by atoms with Crippen LogP contribution in [0, 0.1) is 0 Å². The molecule has 206 valence electrons. The Labute approximate surface area is 235 Å². The summed E-state index contributed by atoms with van der Waals surface area (Å²) < 4.78 is 31.3. The van der Waals surface area contributed by atoms with E-state index in [-0.39, 0.29) is 29.0 Å². The fourth-order valence-electron chi connectivity index (χ4n) is 4.83. The van der Waals surface area contributed by atoms with Gasteiger partial charge in [-0.2, -0.15) is 5.10 Å². The van der Waals surface area contributed by atoms with Gasteiger partial charge >= 0.3 is 0 Å². The van der Waals surface area contributed by atoms with Crippen molar-refractivity contribution in [2.24, 2.45) is 7.05 Å². The number of aromatic nitrogens is 4. The number of rotatable bonds is 7. The third kappa shape index (κ3) is 6.47. The van der Waals surface area contributed by atoms with E-state index in [4.69, 9.17) is 16.3 Å². The topological polar surface area (TPSA) is 119 Å². The summed E-state index contributed by atoms with van der Waals surface area (Å²) in [6, 6.07) is 5.44. The van der Waals surface area contributed by atoms with Crippen LogP contribution in [-0.4, -0.2) is 70.5 Å². The standard InChI is InChI=1S/C26H29ClN6O4S2/c1-15-10-33(11-16(2)37-15)12-24-30-22(13-38-24)26(34)31-21-6-17(7-23-20(21)9-29-32(23)3)18-5-19(14-39(4,35)36)25(27)28-8-18/h5-9,13,15-16H,10-12,14H2,1-4H3,(H,31,34)/t15-,16+. The zero-order chi connectivity index (χ0) is 27.9. The lowest BCUT2D eigenvalue weighted by molar-refractivity contribution is -0.0705. The molecule has 0 saturated carbocycles. The molecule has 5 rings (SSSR count). The second-order valence-corrected chi connectivity index (χ2v) is 13.4. The van der Waals surface area contributed by atoms with E-state index in [1.54, 1.807) is 28.5 Å². The fraction of sp³-hybridized carbons (Fsp3) is 0.385. The number of pyridine rings is 1. The molecule has 1 N–H and O–H groups in total. The summed E-state index contributed by atoms with van der Waals surface area (Å²) in [7, 11) is -1.50. The van der Waals surface area contributed by atoms with E-state index in [1.807, 2.05) is 19.2 Å². The second kappa shape index (κ2) is 10.9. The highest BCUT2D eigenvalue weighted by Crippen LogP contribution is 2.32. The number of ether oxygens (including phenoxy) is 1. The summed E-state index contributed by atoms with van der Waals surface area (Å²) in [6.45, 7) is 6.43. The van der Waals surface area contributed by atoms with Gasteiger partial charge in [-0.05, 0) is 37.6 Å². The molecular formula is C26H29ClN6O4S2. The molecule has 13 heteroatoms. The number of halogens is 1. The smallest absolute Gasteiger partial charge is 0.275 e. The highest BCUT2D eigenvalue weighted by Gasteiger charge is 2.24. The number of aryl methyl sites for hydroxylation is 1. The minimum atomic E-state index is -3.31. The fourth-order valence-corrected chi connectivity index (χ4v) is 6.68. The molecule has 0 aliphatic carbocycles. The van der Waals surface area contributed by atoms with Crippen LogP contribution in [-0.2, 0) is 33.9 Å². The molecule has 39 heavy (non-hydrogen) atoms. The number of sulfone groups is 1. The highest BCUT2D eigenvalue weighted by molar-refractivity contribution is 7.89. The quantitative estimate of drug-likeness (QED) is 0.320. The lowest BCUT2D eigenvalue weighted by Crippen LogP contribution is -2.44. The third-order valence-electron chi connectivity index (χ3n) is 6.42. The van der Waals surface area contributed by atoms with Crippen LogP contribution in [0.4, 0.5) is 5.69 Å². The van der Waals surface area contributed by atoms with E-state index in [1.165, 1.54) is 11.3 Å². The van der Waals surface area contributed by atoms with Gasteiger partial charge < -0.3 is 10.1 Å². The van der Waals surface area contributed by atoms with Crippen LogP contribution >= 0.6 is 22.9 Å². The van der Waals surface area contributed by atoms with Gasteiger partial charge in [-0.15, -0.1) is 11.3 Å². The van der Waals surface area contributed by atoms with E-state index in [2.05, 4.69) is 39.1 Å². The predicted octanol–water partition coefficient (Wildman–Crippen LogP) is 4.15. The zero-order valence-electron chi connectivity index (χ0n) is 22.0. The number of hydrogen-bond donors (Lipinski definition) is 1. The lowest BCUT2D eigenvalue weighted by Gasteiger charge is -2.34. The molecule has 1 aliphatic rings. The molecule has 0 radical (unpaired) electrons. The first-order valence-electron chi connectivity index (χ1n) is 12.4. The maximum Gasteiger partial charge on any atom is 0.275 e. The largest absolute Gasteiger partial charge is 0.373 e. The molecule has 4 heterocycles. The maximum atomic E-state index is 13.3. The maximum absolute atomic E-state index is 13.3. The first-order valence-corrected chi connectivity index (χ1v) is 15.7. The van der Waals surface area contributed by atoms with Gasteiger partial charge in [0.05, 0.1) is 41.9 Å². The number of anilines is 1. The van der Waals surface area contributed by atoms with Crippen molar-refractivity contribution < 1.29 is 17.9 Å². The summed E-state index contributed by atoms with van der Waals surface area (Å²) in [5, 5.41) is 10.9. The van der Waals surface area contributed by atoms with Crippen molar-refractivity contribution in [2.45, 2.75) is 38.4 Å². The normalized spacial score (nSPS) is 18.5. The van der Waals surface area contributed by atoms with Crippen LogP contribution in [0.15, 0.2) is 36.0 Å². The minimum absolute atomic E-state index is 0.139. The Balaban J connectivity index is 1.41. The second-order valence-electron chi connectivity index (χ2n) is 10.0. The molecule has 0 unspecified atom stereocenters. The Morgan fingerprint density at radius 2 is 1.92 bits per heavy atom.